The van der Waals surface area contributed by atoms with Gasteiger partial charge in [-0.25, -0.2) is 4.98 Å². The van der Waals surface area contributed by atoms with E-state index in [2.05, 4.69) is 26.3 Å². The number of hydrogen-bond acceptors (Lipinski definition) is 4. The molecular weight excluding hydrogens is 282 g/mol. The lowest BCUT2D eigenvalue weighted by Crippen LogP contribution is -2.09. The molecular formula is C12H14BrN3O. The number of benzene rings is 1. The summed E-state index contributed by atoms with van der Waals surface area (Å²) in [5.41, 5.74) is 6.46. The maximum Gasteiger partial charge on any atom is 0.0885 e. The van der Waals surface area contributed by atoms with E-state index in [1.54, 1.807) is 7.11 Å². The molecule has 0 unspecified atom stereocenters. The fraction of sp³-hybridized carbons (Fsp3) is 0.250. The molecule has 2 rings (SSSR count). The van der Waals surface area contributed by atoms with Crippen LogP contribution >= 0.6 is 15.9 Å². The molecule has 0 aliphatic rings. The Labute approximate surface area is 108 Å². The number of nitrogens with two attached hydrogens (primary N) is 1. The Morgan fingerprint density at radius 1 is 1.47 bits per heavy atom. The molecule has 17 heavy (non-hydrogen) atoms. The van der Waals surface area contributed by atoms with Crippen molar-refractivity contribution in [3.05, 3.63) is 33.9 Å². The van der Waals surface area contributed by atoms with Crippen LogP contribution in [0.2, 0.25) is 0 Å². The predicted molar refractivity (Wildman–Crippen MR) is 72.7 cm³/mol. The number of rotatable bonds is 3. The summed E-state index contributed by atoms with van der Waals surface area (Å²) in [5, 5.41) is 1.03. The summed E-state index contributed by atoms with van der Waals surface area (Å²) in [5.74, 6) is 5.57. The maximum atomic E-state index is 5.57. The van der Waals surface area contributed by atoms with Crippen LogP contribution in [0.3, 0.4) is 0 Å². The summed E-state index contributed by atoms with van der Waals surface area (Å²) in [7, 11) is 1.65. The Balaban J connectivity index is 2.77. The van der Waals surface area contributed by atoms with E-state index < -0.39 is 0 Å². The van der Waals surface area contributed by atoms with Gasteiger partial charge in [-0.1, -0.05) is 6.07 Å². The number of halogens is 1. The number of nitrogens with zero attached hydrogens (tertiary/aromatic N) is 1. The summed E-state index contributed by atoms with van der Waals surface area (Å²) >= 11 is 3.51. The molecule has 0 aliphatic carbocycles. The van der Waals surface area contributed by atoms with E-state index >= 15 is 0 Å². The molecule has 1 heterocycles. The van der Waals surface area contributed by atoms with Gasteiger partial charge in [-0.05, 0) is 40.5 Å². The summed E-state index contributed by atoms with van der Waals surface area (Å²) < 4.78 is 6.05. The van der Waals surface area contributed by atoms with Crippen LogP contribution in [0.1, 0.15) is 11.3 Å². The summed E-state index contributed by atoms with van der Waals surface area (Å²) in [6.07, 6.45) is 0. The predicted octanol–water partition coefficient (Wildman–Crippen LogP) is 2.74. The van der Waals surface area contributed by atoms with Crippen LogP contribution < -0.4 is 11.3 Å². The number of nitrogen functional groups attached to an aromatic ring is 1. The molecule has 0 saturated heterocycles. The van der Waals surface area contributed by atoms with Crippen molar-refractivity contribution in [1.29, 1.82) is 0 Å². The molecule has 1 aromatic heterocycles. The first-order valence-corrected chi connectivity index (χ1v) is 6.01. The highest BCUT2D eigenvalue weighted by molar-refractivity contribution is 9.10. The van der Waals surface area contributed by atoms with E-state index in [0.717, 1.165) is 32.3 Å². The minimum absolute atomic E-state index is 0.463. The minimum Gasteiger partial charge on any atom is -0.378 e. The molecule has 0 radical (unpaired) electrons. The zero-order valence-electron chi connectivity index (χ0n) is 9.75. The summed E-state index contributed by atoms with van der Waals surface area (Å²) in [4.78, 5) is 4.57. The fourth-order valence-corrected chi connectivity index (χ4v) is 2.29. The molecule has 2 aromatic rings. The molecule has 0 amide bonds. The SMILES string of the molecule is COCc1cc(NN)c2c(C)ccc(Br)c2n1. The van der Waals surface area contributed by atoms with Crippen molar-refractivity contribution in [3.63, 3.8) is 0 Å². The third-order valence-corrected chi connectivity index (χ3v) is 3.26. The molecule has 90 valence electrons. The van der Waals surface area contributed by atoms with Gasteiger partial charge in [-0.3, -0.25) is 5.84 Å². The molecule has 5 heteroatoms. The van der Waals surface area contributed by atoms with Crippen LogP contribution in [-0.2, 0) is 11.3 Å². The second-order valence-electron chi connectivity index (χ2n) is 3.83. The highest BCUT2D eigenvalue weighted by atomic mass is 79.9. The lowest BCUT2D eigenvalue weighted by atomic mass is 10.1. The Kier molecular flexibility index (Phi) is 3.61. The lowest BCUT2D eigenvalue weighted by Gasteiger charge is -2.12. The van der Waals surface area contributed by atoms with Crippen LogP contribution in [0.4, 0.5) is 5.69 Å². The molecule has 0 bridgehead atoms. The number of methoxy groups -OCH3 is 1. The number of anilines is 1. The number of nitrogens with one attached hydrogen (secondary N) is 1. The van der Waals surface area contributed by atoms with Crippen molar-refractivity contribution in [2.24, 2.45) is 5.84 Å². The molecule has 0 fully saturated rings. The molecule has 1 aromatic carbocycles. The second-order valence-corrected chi connectivity index (χ2v) is 4.68. The monoisotopic (exact) mass is 295 g/mol. The topological polar surface area (TPSA) is 60.2 Å². The van der Waals surface area contributed by atoms with Gasteiger partial charge in [0.25, 0.3) is 0 Å². The second kappa shape index (κ2) is 5.00. The van der Waals surface area contributed by atoms with E-state index in [9.17, 15) is 0 Å². The average Bonchev–Trinajstić information content (AvgIpc) is 2.33. The van der Waals surface area contributed by atoms with Crippen LogP contribution in [0.15, 0.2) is 22.7 Å². The number of fused-ring (bicyclic) bond motifs is 1. The van der Waals surface area contributed by atoms with Crippen molar-refractivity contribution < 1.29 is 4.74 Å². The van der Waals surface area contributed by atoms with Gasteiger partial charge in [-0.15, -0.1) is 0 Å². The van der Waals surface area contributed by atoms with Gasteiger partial charge in [0, 0.05) is 17.0 Å². The van der Waals surface area contributed by atoms with Gasteiger partial charge in [0.1, 0.15) is 0 Å². The standard InChI is InChI=1S/C12H14BrN3O/c1-7-3-4-9(13)12-11(7)10(16-14)5-8(15-12)6-17-2/h3-5H,6,14H2,1-2H3,(H,15,16). The summed E-state index contributed by atoms with van der Waals surface area (Å²) in [6, 6.07) is 5.93. The van der Waals surface area contributed by atoms with Crippen LogP contribution in [0, 0.1) is 6.92 Å². The third-order valence-electron chi connectivity index (χ3n) is 2.62. The maximum absolute atomic E-state index is 5.57. The normalized spacial score (nSPS) is 10.8. The number of hydrogen-bond donors (Lipinski definition) is 2. The largest absolute Gasteiger partial charge is 0.378 e. The Bertz CT molecular complexity index is 557. The molecule has 0 atom stereocenters. The van der Waals surface area contributed by atoms with Crippen LogP contribution in [0.25, 0.3) is 10.9 Å². The third kappa shape index (κ3) is 2.26. The van der Waals surface area contributed by atoms with Crippen molar-refractivity contribution in [2.45, 2.75) is 13.5 Å². The van der Waals surface area contributed by atoms with Gasteiger partial charge in [0.05, 0.1) is 23.5 Å². The summed E-state index contributed by atoms with van der Waals surface area (Å²) in [6.45, 7) is 2.50. The average molecular weight is 296 g/mol. The first-order valence-electron chi connectivity index (χ1n) is 5.21. The number of aryl methyl sites for hydroxylation is 1. The first kappa shape index (κ1) is 12.3. The quantitative estimate of drug-likeness (QED) is 0.675. The van der Waals surface area contributed by atoms with E-state index in [4.69, 9.17) is 10.6 Å². The molecule has 0 saturated carbocycles. The van der Waals surface area contributed by atoms with Crippen molar-refractivity contribution in [1.82, 2.24) is 4.98 Å². The van der Waals surface area contributed by atoms with Gasteiger partial charge in [0.2, 0.25) is 0 Å². The van der Waals surface area contributed by atoms with E-state index in [-0.39, 0.29) is 0 Å². The Hall–Kier alpha value is -1.17. The first-order chi connectivity index (χ1) is 8.17. The molecule has 4 nitrogen and oxygen atoms in total. The van der Waals surface area contributed by atoms with Crippen molar-refractivity contribution >= 4 is 32.5 Å². The molecule has 0 aliphatic heterocycles. The molecule has 3 N–H and O–H groups in total. The number of aromatic nitrogens is 1. The van der Waals surface area contributed by atoms with Crippen molar-refractivity contribution in [2.75, 3.05) is 12.5 Å². The highest BCUT2D eigenvalue weighted by Crippen LogP contribution is 2.31. The Morgan fingerprint density at radius 3 is 2.88 bits per heavy atom. The van der Waals surface area contributed by atoms with Crippen LogP contribution in [0.5, 0.6) is 0 Å². The van der Waals surface area contributed by atoms with Gasteiger partial charge in [0.15, 0.2) is 0 Å². The zero-order chi connectivity index (χ0) is 12.4. The zero-order valence-corrected chi connectivity index (χ0v) is 11.3. The fourth-order valence-electron chi connectivity index (χ4n) is 1.87. The number of pyridine rings is 1. The van der Waals surface area contributed by atoms with E-state index in [0.29, 0.717) is 6.61 Å². The Morgan fingerprint density at radius 2 is 2.24 bits per heavy atom. The highest BCUT2D eigenvalue weighted by Gasteiger charge is 2.10. The smallest absolute Gasteiger partial charge is 0.0885 e. The number of hydrazine groups is 1. The minimum atomic E-state index is 0.463. The van der Waals surface area contributed by atoms with E-state index in [1.165, 1.54) is 0 Å². The number of ether oxygens (including phenoxy) is 1. The lowest BCUT2D eigenvalue weighted by molar-refractivity contribution is 0.182. The van der Waals surface area contributed by atoms with Crippen LogP contribution in [-0.4, -0.2) is 12.1 Å². The van der Waals surface area contributed by atoms with Gasteiger partial charge >= 0.3 is 0 Å². The van der Waals surface area contributed by atoms with E-state index in [1.807, 2.05) is 25.1 Å². The van der Waals surface area contributed by atoms with Gasteiger partial charge in [-0.2, -0.15) is 0 Å². The van der Waals surface area contributed by atoms with Gasteiger partial charge < -0.3 is 10.2 Å². The van der Waals surface area contributed by atoms with Crippen molar-refractivity contribution in [3.8, 4) is 0 Å². The molecule has 0 spiro atoms.